The minimum atomic E-state index is -3.72. The number of sulfonamides is 1. The lowest BCUT2D eigenvalue weighted by Gasteiger charge is -2.17. The first kappa shape index (κ1) is 14.2. The third-order valence-corrected chi connectivity index (χ3v) is 4.51. The average Bonchev–Trinajstić information content (AvgIpc) is 2.37. The van der Waals surface area contributed by atoms with Gasteiger partial charge in [0, 0.05) is 6.21 Å². The molecule has 1 aromatic carbocycles. The highest BCUT2D eigenvalue weighted by molar-refractivity contribution is 7.89. The van der Waals surface area contributed by atoms with E-state index in [0.717, 1.165) is 18.4 Å². The van der Waals surface area contributed by atoms with E-state index in [2.05, 4.69) is 4.99 Å². The molecule has 0 heterocycles. The number of rotatable bonds is 3. The van der Waals surface area contributed by atoms with Crippen LogP contribution < -0.4 is 5.14 Å². The van der Waals surface area contributed by atoms with Crippen LogP contribution in [0.4, 0.5) is 5.69 Å². The van der Waals surface area contributed by atoms with Gasteiger partial charge < -0.3 is 0 Å². The van der Waals surface area contributed by atoms with E-state index >= 15 is 0 Å². The van der Waals surface area contributed by atoms with Gasteiger partial charge in [-0.15, -0.1) is 0 Å². The molecule has 1 aliphatic carbocycles. The van der Waals surface area contributed by atoms with Gasteiger partial charge in [0.1, 0.15) is 4.90 Å². The van der Waals surface area contributed by atoms with Crippen molar-refractivity contribution in [3.05, 3.63) is 23.8 Å². The number of primary sulfonamides is 1. The molecule has 0 aliphatic heterocycles. The van der Waals surface area contributed by atoms with Crippen LogP contribution in [-0.4, -0.2) is 14.6 Å². The summed E-state index contributed by atoms with van der Waals surface area (Å²) in [6.45, 7) is 1.85. The maximum atomic E-state index is 11.6. The summed E-state index contributed by atoms with van der Waals surface area (Å²) in [5.74, 6) is 0.460. The number of benzene rings is 1. The van der Waals surface area contributed by atoms with E-state index in [1.807, 2.05) is 19.2 Å². The lowest BCUT2D eigenvalue weighted by molar-refractivity contribution is 0.445. The van der Waals surface area contributed by atoms with Crippen LogP contribution in [0.5, 0.6) is 0 Å². The van der Waals surface area contributed by atoms with E-state index in [1.165, 1.54) is 25.3 Å². The fourth-order valence-corrected chi connectivity index (χ4v) is 3.24. The van der Waals surface area contributed by atoms with E-state index < -0.39 is 10.0 Å². The molecule has 1 aromatic rings. The summed E-state index contributed by atoms with van der Waals surface area (Å²) in [5.41, 5.74) is 1.31. The molecular weight excluding hydrogens is 260 g/mol. The van der Waals surface area contributed by atoms with Gasteiger partial charge in [0.2, 0.25) is 10.0 Å². The van der Waals surface area contributed by atoms with Gasteiger partial charge in [0.05, 0.1) is 5.69 Å². The maximum Gasteiger partial charge on any atom is 0.240 e. The van der Waals surface area contributed by atoms with Crippen LogP contribution in [0.2, 0.25) is 0 Å². The molecule has 2 N–H and O–H groups in total. The second-order valence-corrected chi connectivity index (χ2v) is 6.67. The molecule has 19 heavy (non-hydrogen) atoms. The van der Waals surface area contributed by atoms with Crippen molar-refractivity contribution in [3.63, 3.8) is 0 Å². The zero-order valence-electron chi connectivity index (χ0n) is 11.2. The molecule has 104 valence electrons. The van der Waals surface area contributed by atoms with Gasteiger partial charge >= 0.3 is 0 Å². The Morgan fingerprint density at radius 2 is 1.95 bits per heavy atom. The molecule has 1 fully saturated rings. The van der Waals surface area contributed by atoms with Crippen LogP contribution in [0.1, 0.15) is 37.7 Å². The van der Waals surface area contributed by atoms with Crippen LogP contribution in [0, 0.1) is 12.8 Å². The minimum Gasteiger partial charge on any atom is -0.259 e. The summed E-state index contributed by atoms with van der Waals surface area (Å²) >= 11 is 0. The fraction of sp³-hybridized carbons (Fsp3) is 0.500. The van der Waals surface area contributed by atoms with E-state index in [1.54, 1.807) is 6.07 Å². The fourth-order valence-electron chi connectivity index (χ4n) is 2.49. The molecule has 0 bridgehead atoms. The van der Waals surface area contributed by atoms with E-state index in [4.69, 9.17) is 5.14 Å². The highest BCUT2D eigenvalue weighted by atomic mass is 32.2. The normalized spacial score (nSPS) is 18.0. The number of nitrogens with zero attached hydrogens (tertiary/aromatic N) is 1. The van der Waals surface area contributed by atoms with Crippen molar-refractivity contribution in [2.75, 3.05) is 0 Å². The minimum absolute atomic E-state index is 0.111. The summed E-state index contributed by atoms with van der Waals surface area (Å²) in [6.07, 6.45) is 7.92. The summed E-state index contributed by atoms with van der Waals surface area (Å²) in [6, 6.07) is 5.05. The van der Waals surface area contributed by atoms with E-state index in [-0.39, 0.29) is 4.90 Å². The summed E-state index contributed by atoms with van der Waals surface area (Å²) in [7, 11) is -3.72. The third-order valence-electron chi connectivity index (χ3n) is 3.57. The molecule has 0 aromatic heterocycles. The van der Waals surface area contributed by atoms with Crippen molar-refractivity contribution in [3.8, 4) is 0 Å². The summed E-state index contributed by atoms with van der Waals surface area (Å²) in [5, 5.41) is 5.23. The zero-order chi connectivity index (χ0) is 13.9. The second kappa shape index (κ2) is 5.84. The van der Waals surface area contributed by atoms with Crippen molar-refractivity contribution in [2.24, 2.45) is 16.0 Å². The second-order valence-electron chi connectivity index (χ2n) is 5.14. The molecule has 0 saturated heterocycles. The maximum absolute atomic E-state index is 11.6. The highest BCUT2D eigenvalue weighted by Gasteiger charge is 2.16. The first-order valence-electron chi connectivity index (χ1n) is 6.65. The zero-order valence-corrected chi connectivity index (χ0v) is 12.0. The van der Waals surface area contributed by atoms with Gasteiger partial charge in [-0.3, -0.25) is 4.99 Å². The molecule has 4 nitrogen and oxygen atoms in total. The SMILES string of the molecule is Cc1cccc(S(N)(=O)=O)c1/N=C\C1CCCCC1. The Morgan fingerprint density at radius 3 is 2.58 bits per heavy atom. The summed E-state index contributed by atoms with van der Waals surface area (Å²) < 4.78 is 23.1. The Kier molecular flexibility index (Phi) is 4.37. The quantitative estimate of drug-likeness (QED) is 0.865. The number of nitrogens with two attached hydrogens (primary N) is 1. The Bertz CT molecular complexity index is 573. The van der Waals surface area contributed by atoms with Crippen molar-refractivity contribution in [2.45, 2.75) is 43.9 Å². The smallest absolute Gasteiger partial charge is 0.240 e. The molecule has 0 spiro atoms. The Morgan fingerprint density at radius 1 is 1.26 bits per heavy atom. The van der Waals surface area contributed by atoms with Crippen molar-refractivity contribution in [1.29, 1.82) is 0 Å². The monoisotopic (exact) mass is 280 g/mol. The molecule has 1 saturated carbocycles. The standard InChI is InChI=1S/C14H20N2O2S/c1-11-6-5-9-13(19(15,17)18)14(11)16-10-12-7-3-2-4-8-12/h5-6,9-10,12H,2-4,7-8H2,1H3,(H2,15,17,18)/b16-10-. The first-order valence-corrected chi connectivity index (χ1v) is 8.20. The highest BCUT2D eigenvalue weighted by Crippen LogP contribution is 2.28. The Hall–Kier alpha value is -1.20. The molecule has 0 unspecified atom stereocenters. The molecule has 5 heteroatoms. The predicted molar refractivity (Wildman–Crippen MR) is 77.3 cm³/mol. The molecule has 0 atom stereocenters. The van der Waals surface area contributed by atoms with E-state index in [0.29, 0.717) is 11.6 Å². The van der Waals surface area contributed by atoms with Crippen LogP contribution in [0.15, 0.2) is 28.1 Å². The van der Waals surface area contributed by atoms with Crippen molar-refractivity contribution in [1.82, 2.24) is 0 Å². The molecule has 2 rings (SSSR count). The van der Waals surface area contributed by atoms with Gasteiger partial charge in [-0.05, 0) is 37.3 Å². The van der Waals surface area contributed by atoms with Gasteiger partial charge in [-0.1, -0.05) is 31.4 Å². The average molecular weight is 280 g/mol. The van der Waals surface area contributed by atoms with Crippen molar-refractivity contribution >= 4 is 21.9 Å². The lowest BCUT2D eigenvalue weighted by Crippen LogP contribution is -2.13. The van der Waals surface area contributed by atoms with Gasteiger partial charge in [-0.25, -0.2) is 13.6 Å². The molecule has 1 aliphatic rings. The lowest BCUT2D eigenvalue weighted by atomic mass is 9.90. The molecule has 0 amide bonds. The molecule has 0 radical (unpaired) electrons. The number of hydrogen-bond donors (Lipinski definition) is 1. The topological polar surface area (TPSA) is 72.5 Å². The Balaban J connectivity index is 2.31. The van der Waals surface area contributed by atoms with Gasteiger partial charge in [0.25, 0.3) is 0 Å². The summed E-state index contributed by atoms with van der Waals surface area (Å²) in [4.78, 5) is 4.52. The third kappa shape index (κ3) is 3.64. The van der Waals surface area contributed by atoms with Crippen molar-refractivity contribution < 1.29 is 8.42 Å². The number of para-hydroxylation sites is 1. The van der Waals surface area contributed by atoms with Crippen LogP contribution in [0.3, 0.4) is 0 Å². The van der Waals surface area contributed by atoms with Gasteiger partial charge in [-0.2, -0.15) is 0 Å². The van der Waals surface area contributed by atoms with Crippen LogP contribution in [0.25, 0.3) is 0 Å². The van der Waals surface area contributed by atoms with Gasteiger partial charge in [0.15, 0.2) is 0 Å². The largest absolute Gasteiger partial charge is 0.259 e. The van der Waals surface area contributed by atoms with E-state index in [9.17, 15) is 8.42 Å². The molecular formula is C14H20N2O2S. The Labute approximate surface area is 114 Å². The first-order chi connectivity index (χ1) is 8.98. The van der Waals surface area contributed by atoms with Crippen LogP contribution >= 0.6 is 0 Å². The number of aryl methyl sites for hydroxylation is 1. The van der Waals surface area contributed by atoms with Crippen LogP contribution in [-0.2, 0) is 10.0 Å². The number of aliphatic imine (C=N–C) groups is 1. The predicted octanol–water partition coefficient (Wildman–Crippen LogP) is 2.93. The number of hydrogen-bond acceptors (Lipinski definition) is 3.